The standard InChI is InChI=1S/C16H26O5/c1-4-5-6-7-8-9-11-16(3,19)14(17)12-13(21-11)10(2)20-15(12)18/h10-11,14,17,19H,4-9H2,1-3H3. The first kappa shape index (κ1) is 16.3. The van der Waals surface area contributed by atoms with Gasteiger partial charge in [-0.15, -0.1) is 0 Å². The van der Waals surface area contributed by atoms with Gasteiger partial charge in [-0.1, -0.05) is 32.6 Å². The van der Waals surface area contributed by atoms with Crippen molar-refractivity contribution in [3.8, 4) is 0 Å². The second-order valence-corrected chi connectivity index (χ2v) is 6.26. The molecule has 0 bridgehead atoms. The fourth-order valence-electron chi connectivity index (χ4n) is 3.03. The second kappa shape index (κ2) is 6.36. The molecule has 4 atom stereocenters. The number of carbonyl (C=O) groups is 1. The number of hydrogen-bond acceptors (Lipinski definition) is 5. The Bertz CT molecular complexity index is 426. The minimum atomic E-state index is -1.47. The Morgan fingerprint density at radius 1 is 1.19 bits per heavy atom. The molecule has 0 aliphatic carbocycles. The maximum absolute atomic E-state index is 11.7. The topological polar surface area (TPSA) is 76.0 Å². The summed E-state index contributed by atoms with van der Waals surface area (Å²) in [7, 11) is 0. The summed E-state index contributed by atoms with van der Waals surface area (Å²) >= 11 is 0. The first-order valence-corrected chi connectivity index (χ1v) is 7.91. The van der Waals surface area contributed by atoms with Crippen LogP contribution in [0.15, 0.2) is 11.3 Å². The van der Waals surface area contributed by atoms with E-state index < -0.39 is 29.9 Å². The molecule has 0 amide bonds. The highest BCUT2D eigenvalue weighted by atomic mass is 16.6. The molecule has 0 radical (unpaired) electrons. The van der Waals surface area contributed by atoms with Gasteiger partial charge >= 0.3 is 5.97 Å². The molecule has 120 valence electrons. The van der Waals surface area contributed by atoms with Crippen molar-refractivity contribution < 1.29 is 24.5 Å². The average molecular weight is 298 g/mol. The maximum atomic E-state index is 11.7. The summed E-state index contributed by atoms with van der Waals surface area (Å²) in [5.74, 6) is -0.204. The van der Waals surface area contributed by atoms with E-state index in [1.165, 1.54) is 26.2 Å². The summed E-state index contributed by atoms with van der Waals surface area (Å²) in [4.78, 5) is 11.7. The van der Waals surface area contributed by atoms with Crippen LogP contribution in [0.2, 0.25) is 0 Å². The van der Waals surface area contributed by atoms with Crippen LogP contribution >= 0.6 is 0 Å². The number of hydrogen-bond donors (Lipinski definition) is 2. The van der Waals surface area contributed by atoms with Gasteiger partial charge in [0.25, 0.3) is 0 Å². The summed E-state index contributed by atoms with van der Waals surface area (Å²) in [6, 6.07) is 0. The van der Waals surface area contributed by atoms with Gasteiger partial charge in [-0.2, -0.15) is 0 Å². The van der Waals surface area contributed by atoms with Crippen molar-refractivity contribution in [1.82, 2.24) is 0 Å². The van der Waals surface area contributed by atoms with Gasteiger partial charge in [-0.25, -0.2) is 4.79 Å². The number of aliphatic hydroxyl groups excluding tert-OH is 1. The van der Waals surface area contributed by atoms with Crippen LogP contribution in [0.3, 0.4) is 0 Å². The van der Waals surface area contributed by atoms with Gasteiger partial charge in [-0.05, 0) is 26.7 Å². The van der Waals surface area contributed by atoms with E-state index in [-0.39, 0.29) is 5.57 Å². The molecule has 2 N–H and O–H groups in total. The molecule has 21 heavy (non-hydrogen) atoms. The number of ether oxygens (including phenoxy) is 2. The Hall–Kier alpha value is -1.07. The monoisotopic (exact) mass is 298 g/mol. The number of esters is 1. The van der Waals surface area contributed by atoms with Gasteiger partial charge in [-0.3, -0.25) is 0 Å². The largest absolute Gasteiger partial charge is 0.487 e. The van der Waals surface area contributed by atoms with Crippen LogP contribution in [0, 0.1) is 0 Å². The normalized spacial score (nSPS) is 35.5. The van der Waals surface area contributed by atoms with Gasteiger partial charge in [0.1, 0.15) is 23.4 Å². The zero-order chi connectivity index (χ0) is 15.6. The summed E-state index contributed by atoms with van der Waals surface area (Å²) in [5, 5.41) is 20.9. The quantitative estimate of drug-likeness (QED) is 0.580. The molecule has 5 nitrogen and oxygen atoms in total. The Morgan fingerprint density at radius 2 is 1.86 bits per heavy atom. The summed E-state index contributed by atoms with van der Waals surface area (Å²) in [6.45, 7) is 5.40. The van der Waals surface area contributed by atoms with Crippen molar-refractivity contribution >= 4 is 5.97 Å². The first-order valence-electron chi connectivity index (χ1n) is 7.91. The predicted octanol–water partition coefficient (Wildman–Crippen LogP) is 2.06. The van der Waals surface area contributed by atoms with E-state index in [2.05, 4.69) is 6.92 Å². The summed E-state index contributed by atoms with van der Waals surface area (Å²) in [6.07, 6.45) is 3.98. The van der Waals surface area contributed by atoms with Crippen molar-refractivity contribution in [2.75, 3.05) is 0 Å². The smallest absolute Gasteiger partial charge is 0.341 e. The highest BCUT2D eigenvalue weighted by Crippen LogP contribution is 2.40. The van der Waals surface area contributed by atoms with Gasteiger partial charge < -0.3 is 19.7 Å². The van der Waals surface area contributed by atoms with Gasteiger partial charge in [0, 0.05) is 0 Å². The highest BCUT2D eigenvalue weighted by molar-refractivity contribution is 5.93. The third-order valence-electron chi connectivity index (χ3n) is 4.46. The molecular weight excluding hydrogens is 272 g/mol. The van der Waals surface area contributed by atoms with Crippen molar-refractivity contribution in [2.45, 2.75) is 83.2 Å². The van der Waals surface area contributed by atoms with Crippen LogP contribution in [0.1, 0.15) is 59.3 Å². The van der Waals surface area contributed by atoms with E-state index in [4.69, 9.17) is 9.47 Å². The van der Waals surface area contributed by atoms with Crippen molar-refractivity contribution in [3.05, 3.63) is 11.3 Å². The van der Waals surface area contributed by atoms with E-state index in [1.54, 1.807) is 6.92 Å². The fourth-order valence-corrected chi connectivity index (χ4v) is 3.03. The SMILES string of the molecule is CCCCCCCC1OC2=C(C(=O)OC2C)C(O)C1(C)O. The molecule has 0 saturated heterocycles. The lowest BCUT2D eigenvalue weighted by molar-refractivity contribution is -0.153. The van der Waals surface area contributed by atoms with E-state index in [0.717, 1.165) is 12.8 Å². The molecule has 0 aromatic carbocycles. The van der Waals surface area contributed by atoms with Crippen LogP contribution in [0.4, 0.5) is 0 Å². The van der Waals surface area contributed by atoms with Crippen LogP contribution in [0.25, 0.3) is 0 Å². The summed E-state index contributed by atoms with van der Waals surface area (Å²) in [5.41, 5.74) is -1.39. The molecule has 0 spiro atoms. The molecule has 2 heterocycles. The van der Waals surface area contributed by atoms with Gasteiger partial charge in [0.2, 0.25) is 0 Å². The van der Waals surface area contributed by atoms with Gasteiger partial charge in [0.05, 0.1) is 0 Å². The van der Waals surface area contributed by atoms with E-state index >= 15 is 0 Å². The maximum Gasteiger partial charge on any atom is 0.341 e. The number of rotatable bonds is 6. The molecular formula is C16H26O5. The molecule has 0 aromatic heterocycles. The van der Waals surface area contributed by atoms with Crippen LogP contribution in [-0.4, -0.2) is 40.1 Å². The predicted molar refractivity (Wildman–Crippen MR) is 77.5 cm³/mol. The Morgan fingerprint density at radius 3 is 2.52 bits per heavy atom. The van der Waals surface area contributed by atoms with Crippen LogP contribution in [0.5, 0.6) is 0 Å². The lowest BCUT2D eigenvalue weighted by atomic mass is 9.82. The molecule has 2 rings (SSSR count). The third kappa shape index (κ3) is 3.09. The molecule has 5 heteroatoms. The fraction of sp³-hybridized carbons (Fsp3) is 0.812. The zero-order valence-corrected chi connectivity index (χ0v) is 13.1. The highest BCUT2D eigenvalue weighted by Gasteiger charge is 2.53. The van der Waals surface area contributed by atoms with Crippen LogP contribution < -0.4 is 0 Å². The first-order chi connectivity index (χ1) is 9.89. The van der Waals surface area contributed by atoms with Crippen molar-refractivity contribution in [3.63, 3.8) is 0 Å². The lowest BCUT2D eigenvalue weighted by Crippen LogP contribution is -2.55. The minimum absolute atomic E-state index is 0.0785. The number of carbonyl (C=O) groups excluding carboxylic acids is 1. The Kier molecular flexibility index (Phi) is 4.94. The van der Waals surface area contributed by atoms with E-state index in [1.807, 2.05) is 0 Å². The molecule has 2 aliphatic heterocycles. The van der Waals surface area contributed by atoms with Gasteiger partial charge in [0.15, 0.2) is 11.9 Å². The van der Waals surface area contributed by atoms with E-state index in [9.17, 15) is 15.0 Å². The van der Waals surface area contributed by atoms with E-state index in [0.29, 0.717) is 12.2 Å². The van der Waals surface area contributed by atoms with Crippen LogP contribution in [-0.2, 0) is 14.3 Å². The van der Waals surface area contributed by atoms with Crippen molar-refractivity contribution in [1.29, 1.82) is 0 Å². The molecule has 0 aromatic rings. The Balaban J connectivity index is 2.03. The number of cyclic esters (lactones) is 1. The molecule has 2 aliphatic rings. The molecule has 0 saturated carbocycles. The lowest BCUT2D eigenvalue weighted by Gasteiger charge is -2.41. The number of aliphatic hydroxyl groups is 2. The number of unbranched alkanes of at least 4 members (excludes halogenated alkanes) is 4. The van der Waals surface area contributed by atoms with Crippen molar-refractivity contribution in [2.24, 2.45) is 0 Å². The summed E-state index contributed by atoms with van der Waals surface area (Å²) < 4.78 is 10.9. The third-order valence-corrected chi connectivity index (χ3v) is 4.46. The minimum Gasteiger partial charge on any atom is -0.487 e. The average Bonchev–Trinajstić information content (AvgIpc) is 2.69. The zero-order valence-electron chi connectivity index (χ0n) is 13.1. The molecule has 4 unspecified atom stereocenters. The second-order valence-electron chi connectivity index (χ2n) is 6.26. The molecule has 0 fully saturated rings. The Labute approximate surface area is 125 Å².